The van der Waals surface area contributed by atoms with Crippen LogP contribution in [0.3, 0.4) is 0 Å². The lowest BCUT2D eigenvalue weighted by Crippen LogP contribution is -2.39. The van der Waals surface area contributed by atoms with Crippen molar-refractivity contribution in [1.82, 2.24) is 19.4 Å². The molecule has 182 valence electrons. The molecule has 0 spiro atoms. The highest BCUT2D eigenvalue weighted by Gasteiger charge is 2.43. The number of aromatic nitrogens is 3. The number of hydrogen-bond acceptors (Lipinski definition) is 6. The standard InChI is InChI=1S/C25H26ClN5O4/c1-2-20(32)30(9-4-6-15-5-3-7-16(11-15)24(27)35)13-17-12-19(22(34)21(17)33)31-10-8-18-23(26)28-14-29-25(18)31/h3,5,7-8,10-11,14,17,19,21-22,33-34H,2,9,12-13H2,1H3,(H2,27,35)/t17-,19-,21-,22+/m1/s1. The maximum absolute atomic E-state index is 12.6. The van der Waals surface area contributed by atoms with Crippen molar-refractivity contribution in [3.63, 3.8) is 0 Å². The molecule has 0 aliphatic heterocycles. The number of fused-ring (bicyclic) bond motifs is 1. The van der Waals surface area contributed by atoms with Crippen molar-refractivity contribution in [1.29, 1.82) is 0 Å². The molecule has 0 unspecified atom stereocenters. The summed E-state index contributed by atoms with van der Waals surface area (Å²) in [7, 11) is 0. The van der Waals surface area contributed by atoms with E-state index >= 15 is 0 Å². The average molecular weight is 496 g/mol. The zero-order valence-electron chi connectivity index (χ0n) is 19.1. The number of nitrogens with zero attached hydrogens (tertiary/aromatic N) is 4. The largest absolute Gasteiger partial charge is 0.390 e. The molecule has 2 amide bonds. The second-order valence-corrected chi connectivity index (χ2v) is 8.90. The van der Waals surface area contributed by atoms with E-state index in [1.165, 1.54) is 6.33 Å². The summed E-state index contributed by atoms with van der Waals surface area (Å²) in [5.74, 6) is 4.92. The summed E-state index contributed by atoms with van der Waals surface area (Å²) in [6.45, 7) is 2.15. The third kappa shape index (κ3) is 5.15. The molecule has 2 heterocycles. The number of rotatable bonds is 6. The monoisotopic (exact) mass is 495 g/mol. The molecule has 4 atom stereocenters. The number of primary amides is 1. The van der Waals surface area contributed by atoms with Crippen molar-refractivity contribution in [2.75, 3.05) is 13.1 Å². The molecule has 4 N–H and O–H groups in total. The Hall–Kier alpha value is -3.45. The number of carbonyl (C=O) groups excluding carboxylic acids is 2. The van der Waals surface area contributed by atoms with E-state index in [9.17, 15) is 19.8 Å². The van der Waals surface area contributed by atoms with E-state index in [-0.39, 0.29) is 31.3 Å². The van der Waals surface area contributed by atoms with Crippen LogP contribution >= 0.6 is 11.6 Å². The minimum absolute atomic E-state index is 0.110. The molecule has 0 radical (unpaired) electrons. The fourth-order valence-electron chi connectivity index (χ4n) is 4.51. The Labute approximate surface area is 207 Å². The van der Waals surface area contributed by atoms with Gasteiger partial charge in [-0.25, -0.2) is 9.97 Å². The van der Waals surface area contributed by atoms with Gasteiger partial charge in [-0.05, 0) is 30.7 Å². The quantitative estimate of drug-likeness (QED) is 0.352. The highest BCUT2D eigenvalue weighted by atomic mass is 35.5. The molecule has 1 aliphatic carbocycles. The van der Waals surface area contributed by atoms with Gasteiger partial charge < -0.3 is 25.4 Å². The van der Waals surface area contributed by atoms with Gasteiger partial charge in [0.05, 0.1) is 24.1 Å². The van der Waals surface area contributed by atoms with E-state index in [1.807, 2.05) is 0 Å². The Morgan fingerprint density at radius 3 is 2.80 bits per heavy atom. The van der Waals surface area contributed by atoms with E-state index in [0.717, 1.165) is 0 Å². The lowest BCUT2D eigenvalue weighted by Gasteiger charge is -2.25. The van der Waals surface area contributed by atoms with Crippen LogP contribution in [0.15, 0.2) is 42.9 Å². The Morgan fingerprint density at radius 1 is 1.26 bits per heavy atom. The van der Waals surface area contributed by atoms with Crippen LogP contribution < -0.4 is 5.73 Å². The van der Waals surface area contributed by atoms with Crippen LogP contribution in [0.1, 0.15) is 41.7 Å². The zero-order valence-corrected chi connectivity index (χ0v) is 19.9. The smallest absolute Gasteiger partial charge is 0.248 e. The second-order valence-electron chi connectivity index (χ2n) is 8.54. The number of amides is 2. The highest BCUT2D eigenvalue weighted by Crippen LogP contribution is 2.38. The van der Waals surface area contributed by atoms with E-state index in [2.05, 4.69) is 21.8 Å². The first-order valence-electron chi connectivity index (χ1n) is 11.3. The predicted octanol–water partition coefficient (Wildman–Crippen LogP) is 1.76. The first-order chi connectivity index (χ1) is 16.8. The number of nitrogens with two attached hydrogens (primary N) is 1. The Morgan fingerprint density at radius 2 is 2.06 bits per heavy atom. The summed E-state index contributed by atoms with van der Waals surface area (Å²) in [5, 5.41) is 22.6. The van der Waals surface area contributed by atoms with Gasteiger partial charge in [0.1, 0.15) is 23.2 Å². The van der Waals surface area contributed by atoms with Crippen molar-refractivity contribution in [3.8, 4) is 11.8 Å². The van der Waals surface area contributed by atoms with Crippen LogP contribution in [-0.4, -0.2) is 66.8 Å². The lowest BCUT2D eigenvalue weighted by molar-refractivity contribution is -0.131. The molecule has 3 aromatic rings. The molecule has 4 rings (SSSR count). The number of benzene rings is 1. The number of aliphatic hydroxyl groups is 2. The van der Waals surface area contributed by atoms with Crippen LogP contribution in [0.5, 0.6) is 0 Å². The van der Waals surface area contributed by atoms with Crippen LogP contribution in [0.2, 0.25) is 5.15 Å². The Bertz CT molecular complexity index is 1310. The molecule has 1 aliphatic rings. The Balaban J connectivity index is 1.50. The van der Waals surface area contributed by atoms with E-state index < -0.39 is 24.2 Å². The van der Waals surface area contributed by atoms with Gasteiger partial charge in [-0.1, -0.05) is 36.4 Å². The van der Waals surface area contributed by atoms with Crippen molar-refractivity contribution >= 4 is 34.4 Å². The second kappa shape index (κ2) is 10.4. The van der Waals surface area contributed by atoms with Crippen molar-refractivity contribution in [3.05, 3.63) is 59.1 Å². The van der Waals surface area contributed by atoms with E-state index in [1.54, 1.807) is 52.9 Å². The number of carbonyl (C=O) groups is 2. The van der Waals surface area contributed by atoms with Gasteiger partial charge in [-0.2, -0.15) is 0 Å². The first-order valence-corrected chi connectivity index (χ1v) is 11.7. The van der Waals surface area contributed by atoms with E-state index in [0.29, 0.717) is 33.7 Å². The van der Waals surface area contributed by atoms with Crippen LogP contribution in [0.25, 0.3) is 11.0 Å². The SMILES string of the molecule is CCC(=O)N(CC#Cc1cccc(C(N)=O)c1)C[C@H]1C[C@@H](n2ccc3c(Cl)ncnc32)[C@H](O)[C@@H]1O. The molecule has 1 saturated carbocycles. The number of aliphatic hydroxyl groups excluding tert-OH is 2. The minimum Gasteiger partial charge on any atom is -0.390 e. The summed E-state index contributed by atoms with van der Waals surface area (Å²) in [6.07, 6.45) is 1.79. The van der Waals surface area contributed by atoms with Gasteiger partial charge in [-0.3, -0.25) is 9.59 Å². The molecule has 1 aromatic carbocycles. The van der Waals surface area contributed by atoms with Gasteiger partial charge in [0, 0.05) is 36.2 Å². The molecule has 1 fully saturated rings. The molecule has 9 nitrogen and oxygen atoms in total. The van der Waals surface area contributed by atoms with Gasteiger partial charge in [0.2, 0.25) is 11.8 Å². The predicted molar refractivity (Wildman–Crippen MR) is 130 cm³/mol. The summed E-state index contributed by atoms with van der Waals surface area (Å²) in [6, 6.07) is 8.00. The fraction of sp³-hybridized carbons (Fsp3) is 0.360. The molecular weight excluding hydrogens is 470 g/mol. The van der Waals surface area contributed by atoms with Gasteiger partial charge in [-0.15, -0.1) is 0 Å². The molecule has 2 aromatic heterocycles. The molecule has 0 bridgehead atoms. The normalized spacial score (nSPS) is 21.5. The summed E-state index contributed by atoms with van der Waals surface area (Å²) >= 11 is 6.15. The molecular formula is C25H26ClN5O4. The maximum atomic E-state index is 12.6. The summed E-state index contributed by atoms with van der Waals surface area (Å²) in [4.78, 5) is 33.8. The van der Waals surface area contributed by atoms with Gasteiger partial charge in [0.25, 0.3) is 0 Å². The van der Waals surface area contributed by atoms with Crippen LogP contribution in [-0.2, 0) is 4.79 Å². The molecule has 0 saturated heterocycles. The fourth-order valence-corrected chi connectivity index (χ4v) is 4.70. The van der Waals surface area contributed by atoms with Crippen LogP contribution in [0.4, 0.5) is 0 Å². The topological polar surface area (TPSA) is 135 Å². The maximum Gasteiger partial charge on any atom is 0.248 e. The molecule has 35 heavy (non-hydrogen) atoms. The molecule has 10 heteroatoms. The zero-order chi connectivity index (χ0) is 25.1. The minimum atomic E-state index is -1.04. The third-order valence-corrected chi connectivity index (χ3v) is 6.65. The van der Waals surface area contributed by atoms with Crippen LogP contribution in [0, 0.1) is 17.8 Å². The first kappa shape index (κ1) is 24.7. The summed E-state index contributed by atoms with van der Waals surface area (Å²) < 4.78 is 1.80. The number of hydrogen-bond donors (Lipinski definition) is 3. The number of halogens is 1. The lowest BCUT2D eigenvalue weighted by atomic mass is 10.0. The van der Waals surface area contributed by atoms with Gasteiger partial charge in [0.15, 0.2) is 0 Å². The average Bonchev–Trinajstić information content (AvgIpc) is 3.40. The van der Waals surface area contributed by atoms with Gasteiger partial charge >= 0.3 is 0 Å². The highest BCUT2D eigenvalue weighted by molar-refractivity contribution is 6.33. The summed E-state index contributed by atoms with van der Waals surface area (Å²) in [5.41, 5.74) is 6.86. The third-order valence-electron chi connectivity index (χ3n) is 6.35. The van der Waals surface area contributed by atoms with E-state index in [4.69, 9.17) is 17.3 Å². The van der Waals surface area contributed by atoms with Crippen molar-refractivity contribution in [2.24, 2.45) is 11.7 Å². The van der Waals surface area contributed by atoms with Crippen molar-refractivity contribution in [2.45, 2.75) is 38.0 Å². The Kier molecular flexibility index (Phi) is 7.36. The van der Waals surface area contributed by atoms with Crippen molar-refractivity contribution < 1.29 is 19.8 Å².